The molecule has 5 heteroatoms. The minimum absolute atomic E-state index is 0.0689. The van der Waals surface area contributed by atoms with Crippen LogP contribution in [0.4, 0.5) is 0 Å². The molecule has 1 atom stereocenters. The second kappa shape index (κ2) is 48.4. The summed E-state index contributed by atoms with van der Waals surface area (Å²) in [6.07, 6.45) is 63.1. The molecule has 0 saturated heterocycles. The van der Waals surface area contributed by atoms with Gasteiger partial charge >= 0.3 is 11.9 Å². The van der Waals surface area contributed by atoms with Gasteiger partial charge in [-0.05, 0) is 89.9 Å². The first-order valence-corrected chi connectivity index (χ1v) is 24.1. The normalized spacial score (nSPS) is 12.9. The maximum absolute atomic E-state index is 12.6. The Bertz CT molecular complexity index is 1090. The topological polar surface area (TPSA) is 61.8 Å². The first-order chi connectivity index (χ1) is 28.6. The molecule has 0 N–H and O–H groups in total. The van der Waals surface area contributed by atoms with Crippen LogP contribution in [-0.2, 0) is 23.8 Å². The van der Waals surface area contributed by atoms with Gasteiger partial charge in [-0.3, -0.25) is 9.59 Å². The van der Waals surface area contributed by atoms with E-state index in [0.29, 0.717) is 19.4 Å². The van der Waals surface area contributed by atoms with Crippen LogP contribution in [0.25, 0.3) is 0 Å². The number of carbonyl (C=O) groups excluding carboxylic acids is 2. The van der Waals surface area contributed by atoms with Gasteiger partial charge in [0.25, 0.3) is 0 Å². The van der Waals surface area contributed by atoms with Crippen LogP contribution in [0.15, 0.2) is 85.1 Å². The van der Waals surface area contributed by atoms with Crippen LogP contribution < -0.4 is 0 Å². The lowest BCUT2D eigenvalue weighted by Crippen LogP contribution is -2.30. The molecule has 0 aromatic carbocycles. The molecule has 0 heterocycles. The van der Waals surface area contributed by atoms with Gasteiger partial charge < -0.3 is 14.2 Å². The van der Waals surface area contributed by atoms with E-state index in [9.17, 15) is 9.59 Å². The second-order valence-corrected chi connectivity index (χ2v) is 15.6. The van der Waals surface area contributed by atoms with E-state index in [4.69, 9.17) is 14.2 Å². The summed E-state index contributed by atoms with van der Waals surface area (Å²) in [4.78, 5) is 25.2. The zero-order valence-electron chi connectivity index (χ0n) is 38.0. The average Bonchev–Trinajstić information content (AvgIpc) is 3.22. The highest BCUT2D eigenvalue weighted by Gasteiger charge is 2.17. The first kappa shape index (κ1) is 55.1. The zero-order chi connectivity index (χ0) is 42.1. The number of esters is 2. The van der Waals surface area contributed by atoms with E-state index in [-0.39, 0.29) is 25.2 Å². The summed E-state index contributed by atoms with van der Waals surface area (Å²) in [6.45, 7) is 7.52. The second-order valence-electron chi connectivity index (χ2n) is 15.6. The Labute approximate surface area is 359 Å². The van der Waals surface area contributed by atoms with Gasteiger partial charge in [0.2, 0.25) is 0 Å². The van der Waals surface area contributed by atoms with Gasteiger partial charge in [-0.25, -0.2) is 0 Å². The molecule has 0 saturated carbocycles. The maximum atomic E-state index is 12.6. The first-order valence-electron chi connectivity index (χ1n) is 24.1. The SMILES string of the molecule is CC/C=C\C/C=C\C/C=C\C/C=C\CCCCCCCCCOCC(COC(=O)CCCCCCC/C=C\C/C=C\C/C=C\CC)OC(=O)CCCCCCCCC. The third-order valence-electron chi connectivity index (χ3n) is 9.93. The van der Waals surface area contributed by atoms with Gasteiger partial charge in [0.15, 0.2) is 6.10 Å². The zero-order valence-corrected chi connectivity index (χ0v) is 38.0. The molecule has 5 nitrogen and oxygen atoms in total. The number of ether oxygens (including phenoxy) is 3. The summed E-state index contributed by atoms with van der Waals surface area (Å²) in [6, 6.07) is 0. The Hall–Kier alpha value is -2.92. The molecular weight excluding hydrogens is 717 g/mol. The van der Waals surface area contributed by atoms with Crippen molar-refractivity contribution in [2.24, 2.45) is 0 Å². The molecule has 332 valence electrons. The quantitative estimate of drug-likeness (QED) is 0.0349. The van der Waals surface area contributed by atoms with E-state index >= 15 is 0 Å². The molecule has 0 fully saturated rings. The van der Waals surface area contributed by atoms with E-state index in [1.165, 1.54) is 77.0 Å². The van der Waals surface area contributed by atoms with Crippen molar-refractivity contribution in [1.29, 1.82) is 0 Å². The van der Waals surface area contributed by atoms with E-state index in [1.54, 1.807) is 0 Å². The minimum Gasteiger partial charge on any atom is -0.462 e. The fourth-order valence-electron chi connectivity index (χ4n) is 6.40. The Morgan fingerprint density at radius 2 is 0.776 bits per heavy atom. The molecule has 0 spiro atoms. The Morgan fingerprint density at radius 3 is 1.24 bits per heavy atom. The van der Waals surface area contributed by atoms with Crippen LogP contribution in [0, 0.1) is 0 Å². The van der Waals surface area contributed by atoms with Crippen molar-refractivity contribution in [2.45, 2.75) is 219 Å². The van der Waals surface area contributed by atoms with Crippen molar-refractivity contribution >= 4 is 11.9 Å². The van der Waals surface area contributed by atoms with Crippen molar-refractivity contribution in [3.63, 3.8) is 0 Å². The number of allylic oxidation sites excluding steroid dienone is 14. The monoisotopic (exact) mass is 807 g/mol. The van der Waals surface area contributed by atoms with Crippen LogP contribution in [0.2, 0.25) is 0 Å². The molecule has 0 aliphatic rings. The van der Waals surface area contributed by atoms with Gasteiger partial charge in [-0.2, -0.15) is 0 Å². The predicted octanol–water partition coefficient (Wildman–Crippen LogP) is 16.1. The van der Waals surface area contributed by atoms with Crippen LogP contribution in [0.1, 0.15) is 213 Å². The maximum Gasteiger partial charge on any atom is 0.306 e. The van der Waals surface area contributed by atoms with E-state index in [1.807, 2.05) is 0 Å². The Kier molecular flexibility index (Phi) is 46.0. The van der Waals surface area contributed by atoms with Crippen molar-refractivity contribution in [2.75, 3.05) is 19.8 Å². The van der Waals surface area contributed by atoms with Crippen LogP contribution in [0.3, 0.4) is 0 Å². The minimum atomic E-state index is -0.548. The van der Waals surface area contributed by atoms with Gasteiger partial charge in [0.05, 0.1) is 6.61 Å². The Balaban J connectivity index is 4.18. The largest absolute Gasteiger partial charge is 0.462 e. The average molecular weight is 807 g/mol. The molecular formula is C53H90O5. The number of hydrogen-bond donors (Lipinski definition) is 0. The van der Waals surface area contributed by atoms with Crippen molar-refractivity contribution < 1.29 is 23.8 Å². The standard InChI is InChI=1S/C53H90O5/c1-4-7-10-13-16-18-20-22-24-25-26-27-28-30-32-34-36-39-42-45-48-56-49-51(58-53(55)47-44-41-37-15-12-9-6-3)50-57-52(54)46-43-40-38-35-33-31-29-23-21-19-17-14-11-8-5-2/h7-8,10-11,16-19,22-24,26-27,29,51H,4-6,9,12-15,20-21,25,28,30-50H2,1-3H3/b10-7-,11-8-,18-16-,19-17-,24-22-,27-26-,29-23-. The molecule has 0 aromatic rings. The summed E-state index contributed by atoms with van der Waals surface area (Å²) < 4.78 is 17.3. The third-order valence-corrected chi connectivity index (χ3v) is 9.93. The molecule has 0 rings (SSSR count). The van der Waals surface area contributed by atoms with Gasteiger partial charge in [0.1, 0.15) is 6.61 Å². The summed E-state index contributed by atoms with van der Waals surface area (Å²) >= 11 is 0. The van der Waals surface area contributed by atoms with E-state index < -0.39 is 6.10 Å². The highest BCUT2D eigenvalue weighted by atomic mass is 16.6. The van der Waals surface area contributed by atoms with Crippen molar-refractivity contribution in [1.82, 2.24) is 0 Å². The highest BCUT2D eigenvalue weighted by molar-refractivity contribution is 5.70. The molecule has 58 heavy (non-hydrogen) atoms. The lowest BCUT2D eigenvalue weighted by molar-refractivity contribution is -0.163. The van der Waals surface area contributed by atoms with Gasteiger partial charge in [0, 0.05) is 19.4 Å². The summed E-state index contributed by atoms with van der Waals surface area (Å²) in [5.74, 6) is -0.431. The summed E-state index contributed by atoms with van der Waals surface area (Å²) in [5.41, 5.74) is 0. The predicted molar refractivity (Wildman–Crippen MR) is 251 cm³/mol. The Morgan fingerprint density at radius 1 is 0.397 bits per heavy atom. The molecule has 0 amide bonds. The lowest BCUT2D eigenvalue weighted by Gasteiger charge is -2.18. The fourth-order valence-corrected chi connectivity index (χ4v) is 6.40. The van der Waals surface area contributed by atoms with Crippen molar-refractivity contribution in [3.05, 3.63) is 85.1 Å². The highest BCUT2D eigenvalue weighted by Crippen LogP contribution is 2.13. The number of rotatable bonds is 43. The van der Waals surface area contributed by atoms with Gasteiger partial charge in [-0.15, -0.1) is 0 Å². The molecule has 0 radical (unpaired) electrons. The van der Waals surface area contributed by atoms with Crippen molar-refractivity contribution in [3.8, 4) is 0 Å². The van der Waals surface area contributed by atoms with Crippen LogP contribution in [0.5, 0.6) is 0 Å². The van der Waals surface area contributed by atoms with Crippen LogP contribution >= 0.6 is 0 Å². The lowest BCUT2D eigenvalue weighted by atomic mass is 10.1. The van der Waals surface area contributed by atoms with E-state index in [2.05, 4.69) is 106 Å². The number of carbonyl (C=O) groups is 2. The van der Waals surface area contributed by atoms with Crippen LogP contribution in [-0.4, -0.2) is 37.9 Å². The molecule has 1 unspecified atom stereocenters. The summed E-state index contributed by atoms with van der Waals surface area (Å²) in [5, 5.41) is 0. The fraction of sp³-hybridized carbons (Fsp3) is 0.698. The third kappa shape index (κ3) is 45.8. The molecule has 0 bridgehead atoms. The molecule has 0 aromatic heterocycles. The molecule has 0 aliphatic heterocycles. The molecule has 0 aliphatic carbocycles. The van der Waals surface area contributed by atoms with E-state index in [0.717, 1.165) is 103 Å². The smallest absolute Gasteiger partial charge is 0.306 e. The number of unbranched alkanes of at least 4 members (excludes halogenated alkanes) is 18. The van der Waals surface area contributed by atoms with Gasteiger partial charge in [-0.1, -0.05) is 196 Å². The number of hydrogen-bond acceptors (Lipinski definition) is 5. The summed E-state index contributed by atoms with van der Waals surface area (Å²) in [7, 11) is 0.